The molecule has 0 nitrogen and oxygen atoms in total. The predicted octanol–water partition coefficient (Wildman–Crippen LogP) is 6.43. The Bertz CT molecular complexity index is 114. The molecule has 0 radical (unpaired) electrons. The summed E-state index contributed by atoms with van der Waals surface area (Å²) in [6, 6.07) is 0. The minimum absolute atomic E-state index is 1.18. The van der Waals surface area contributed by atoms with Gasteiger partial charge >= 0.3 is 0 Å². The number of alkyl halides is 1. The van der Waals surface area contributed by atoms with E-state index < -0.39 is 0 Å². The summed E-state index contributed by atoms with van der Waals surface area (Å²) in [7, 11) is 0. The molecule has 0 aliphatic carbocycles. The molecule has 17 heavy (non-hydrogen) atoms. The van der Waals surface area contributed by atoms with Crippen LogP contribution in [0.2, 0.25) is 0 Å². The van der Waals surface area contributed by atoms with Crippen molar-refractivity contribution in [3.8, 4) is 0 Å². The Hall–Kier alpha value is 0.830. The van der Waals surface area contributed by atoms with Crippen LogP contribution in [0, 0.1) is 0 Å². The first-order valence-corrected chi connectivity index (χ1v) is 9.83. The van der Waals surface area contributed by atoms with E-state index in [0.29, 0.717) is 0 Å². The summed E-state index contributed by atoms with van der Waals surface area (Å²) in [5, 5.41) is 1.18. The van der Waals surface area contributed by atoms with Gasteiger partial charge in [-0.2, -0.15) is 11.8 Å². The largest absolute Gasteiger partial charge is 0.162 e. The maximum absolute atomic E-state index is 3.48. The first-order chi connectivity index (χ1) is 8.41. The summed E-state index contributed by atoms with van der Waals surface area (Å²) in [4.78, 5) is 0. The molecule has 0 aromatic rings. The van der Waals surface area contributed by atoms with E-state index in [4.69, 9.17) is 0 Å². The van der Waals surface area contributed by atoms with Gasteiger partial charge in [-0.3, -0.25) is 0 Å². The van der Waals surface area contributed by atoms with E-state index in [0.717, 1.165) is 0 Å². The highest BCUT2D eigenvalue weighted by atomic mass is 79.9. The van der Waals surface area contributed by atoms with Crippen molar-refractivity contribution in [2.75, 3.05) is 16.8 Å². The SMILES string of the molecule is CCCSCCCCCCCCCCCCBr. The highest BCUT2D eigenvalue weighted by Gasteiger charge is 1.93. The third kappa shape index (κ3) is 16.8. The van der Waals surface area contributed by atoms with Gasteiger partial charge in [0.15, 0.2) is 0 Å². The van der Waals surface area contributed by atoms with Crippen molar-refractivity contribution in [2.45, 2.75) is 77.6 Å². The average Bonchev–Trinajstić information content (AvgIpc) is 2.35. The van der Waals surface area contributed by atoms with Crippen molar-refractivity contribution in [2.24, 2.45) is 0 Å². The molecule has 0 atom stereocenters. The third-order valence-electron chi connectivity index (χ3n) is 3.02. The summed E-state index contributed by atoms with van der Waals surface area (Å²) in [5.74, 6) is 2.74. The molecule has 0 aromatic heterocycles. The van der Waals surface area contributed by atoms with Crippen LogP contribution < -0.4 is 0 Å². The highest BCUT2D eigenvalue weighted by molar-refractivity contribution is 9.09. The molecule has 0 N–H and O–H groups in total. The van der Waals surface area contributed by atoms with E-state index in [1.165, 1.54) is 87.5 Å². The molecule has 2 heteroatoms. The van der Waals surface area contributed by atoms with Gasteiger partial charge in [0.05, 0.1) is 0 Å². The standard InChI is InChI=1S/C15H31BrS/c1-2-14-17-15-12-10-8-6-4-3-5-7-9-11-13-16/h2-15H2,1H3. The van der Waals surface area contributed by atoms with Crippen LogP contribution in [-0.4, -0.2) is 16.8 Å². The first kappa shape index (κ1) is 17.8. The van der Waals surface area contributed by atoms with Gasteiger partial charge in [0.2, 0.25) is 0 Å². The fourth-order valence-electron chi connectivity index (χ4n) is 1.96. The molecule has 0 bridgehead atoms. The molecule has 0 aliphatic heterocycles. The van der Waals surface area contributed by atoms with Gasteiger partial charge in [0.1, 0.15) is 0 Å². The van der Waals surface area contributed by atoms with Crippen LogP contribution in [0.5, 0.6) is 0 Å². The second kappa shape index (κ2) is 16.8. The zero-order valence-corrected chi connectivity index (χ0v) is 14.1. The topological polar surface area (TPSA) is 0 Å². The van der Waals surface area contributed by atoms with E-state index in [-0.39, 0.29) is 0 Å². The fraction of sp³-hybridized carbons (Fsp3) is 1.00. The number of hydrogen-bond donors (Lipinski definition) is 0. The average molecular weight is 323 g/mol. The van der Waals surface area contributed by atoms with Crippen molar-refractivity contribution in [3.63, 3.8) is 0 Å². The summed E-state index contributed by atoms with van der Waals surface area (Å²) < 4.78 is 0. The number of hydrogen-bond acceptors (Lipinski definition) is 1. The van der Waals surface area contributed by atoms with Gasteiger partial charge in [-0.05, 0) is 30.8 Å². The fourth-order valence-corrected chi connectivity index (χ4v) is 3.26. The van der Waals surface area contributed by atoms with E-state index in [1.54, 1.807) is 0 Å². The van der Waals surface area contributed by atoms with Crippen molar-refractivity contribution in [3.05, 3.63) is 0 Å². The van der Waals surface area contributed by atoms with Crippen LogP contribution in [-0.2, 0) is 0 Å². The Morgan fingerprint density at radius 2 is 1.12 bits per heavy atom. The lowest BCUT2D eigenvalue weighted by Crippen LogP contribution is -1.85. The first-order valence-electron chi connectivity index (χ1n) is 7.55. The summed E-state index contributed by atoms with van der Waals surface area (Å²) in [6.45, 7) is 2.27. The van der Waals surface area contributed by atoms with Crippen molar-refractivity contribution < 1.29 is 0 Å². The highest BCUT2D eigenvalue weighted by Crippen LogP contribution is 2.12. The maximum Gasteiger partial charge on any atom is 0.00313 e. The maximum atomic E-state index is 3.48. The molecule has 104 valence electrons. The summed E-state index contributed by atoms with van der Waals surface area (Å²) in [5.41, 5.74) is 0. The summed E-state index contributed by atoms with van der Waals surface area (Å²) in [6.07, 6.45) is 15.8. The molecule has 0 amide bonds. The van der Waals surface area contributed by atoms with Gasteiger partial charge in [0, 0.05) is 5.33 Å². The lowest BCUT2D eigenvalue weighted by molar-refractivity contribution is 0.564. The minimum atomic E-state index is 1.18. The Kier molecular flexibility index (Phi) is 17.7. The molecule has 0 aromatic carbocycles. The third-order valence-corrected chi connectivity index (χ3v) is 4.86. The zero-order chi connectivity index (χ0) is 12.6. The second-order valence-electron chi connectivity index (χ2n) is 4.84. The van der Waals surface area contributed by atoms with Gasteiger partial charge in [-0.25, -0.2) is 0 Å². The van der Waals surface area contributed by atoms with Gasteiger partial charge in [0.25, 0.3) is 0 Å². The number of rotatable bonds is 14. The molecule has 0 fully saturated rings. The molecular formula is C15H31BrS. The van der Waals surface area contributed by atoms with Crippen LogP contribution >= 0.6 is 27.7 Å². The number of unbranched alkanes of at least 4 members (excludes halogenated alkanes) is 9. The molecule has 0 aliphatic rings. The van der Waals surface area contributed by atoms with E-state index in [9.17, 15) is 0 Å². The summed E-state index contributed by atoms with van der Waals surface area (Å²) >= 11 is 5.61. The van der Waals surface area contributed by atoms with E-state index in [2.05, 4.69) is 34.6 Å². The van der Waals surface area contributed by atoms with Crippen LogP contribution in [0.3, 0.4) is 0 Å². The Balaban J connectivity index is 2.85. The number of halogens is 1. The Labute approximate surface area is 122 Å². The van der Waals surface area contributed by atoms with Crippen molar-refractivity contribution in [1.82, 2.24) is 0 Å². The van der Waals surface area contributed by atoms with Crippen LogP contribution in [0.1, 0.15) is 77.6 Å². The van der Waals surface area contributed by atoms with Gasteiger partial charge in [-0.1, -0.05) is 74.2 Å². The van der Waals surface area contributed by atoms with Gasteiger partial charge in [-0.15, -0.1) is 0 Å². The lowest BCUT2D eigenvalue weighted by Gasteiger charge is -2.02. The van der Waals surface area contributed by atoms with Crippen LogP contribution in [0.4, 0.5) is 0 Å². The molecule has 0 spiro atoms. The van der Waals surface area contributed by atoms with Crippen molar-refractivity contribution >= 4 is 27.7 Å². The van der Waals surface area contributed by atoms with E-state index >= 15 is 0 Å². The van der Waals surface area contributed by atoms with Gasteiger partial charge < -0.3 is 0 Å². The minimum Gasteiger partial charge on any atom is -0.162 e. The van der Waals surface area contributed by atoms with Crippen LogP contribution in [0.25, 0.3) is 0 Å². The Morgan fingerprint density at radius 1 is 0.647 bits per heavy atom. The zero-order valence-electron chi connectivity index (χ0n) is 11.7. The monoisotopic (exact) mass is 322 g/mol. The lowest BCUT2D eigenvalue weighted by atomic mass is 10.1. The quantitative estimate of drug-likeness (QED) is 0.262. The van der Waals surface area contributed by atoms with E-state index in [1.807, 2.05) is 0 Å². The smallest absolute Gasteiger partial charge is 0.00313 e. The molecular weight excluding hydrogens is 292 g/mol. The van der Waals surface area contributed by atoms with Crippen molar-refractivity contribution in [1.29, 1.82) is 0 Å². The Morgan fingerprint density at radius 3 is 1.59 bits per heavy atom. The predicted molar refractivity (Wildman–Crippen MR) is 87.6 cm³/mol. The number of thioether (sulfide) groups is 1. The molecule has 0 heterocycles. The molecule has 0 saturated heterocycles. The normalized spacial score (nSPS) is 10.9. The molecule has 0 rings (SSSR count). The molecule has 0 unspecified atom stereocenters. The molecule has 0 saturated carbocycles. The van der Waals surface area contributed by atoms with Crippen LogP contribution in [0.15, 0.2) is 0 Å². The second-order valence-corrected chi connectivity index (χ2v) is 6.85.